The van der Waals surface area contributed by atoms with Gasteiger partial charge in [0.25, 0.3) is 0 Å². The first-order chi connectivity index (χ1) is 12.6. The van der Waals surface area contributed by atoms with Crippen molar-refractivity contribution >= 4 is 11.7 Å². The van der Waals surface area contributed by atoms with Crippen LogP contribution < -0.4 is 5.32 Å². The summed E-state index contributed by atoms with van der Waals surface area (Å²) >= 11 is 0. The Morgan fingerprint density at radius 2 is 1.96 bits per heavy atom. The van der Waals surface area contributed by atoms with Crippen LogP contribution in [0, 0.1) is 19.8 Å². The van der Waals surface area contributed by atoms with E-state index in [0.29, 0.717) is 11.7 Å². The number of likely N-dealkylation sites (tertiary alicyclic amines) is 1. The van der Waals surface area contributed by atoms with Crippen molar-refractivity contribution in [3.63, 3.8) is 0 Å². The quantitative estimate of drug-likeness (QED) is 0.913. The van der Waals surface area contributed by atoms with Crippen molar-refractivity contribution in [3.05, 3.63) is 29.6 Å². The van der Waals surface area contributed by atoms with Gasteiger partial charge in [-0.05, 0) is 51.3 Å². The van der Waals surface area contributed by atoms with Crippen molar-refractivity contribution < 1.29 is 4.79 Å². The molecule has 0 spiro atoms. The fourth-order valence-corrected chi connectivity index (χ4v) is 4.09. The van der Waals surface area contributed by atoms with Gasteiger partial charge in [-0.2, -0.15) is 5.10 Å². The highest BCUT2D eigenvalue weighted by Gasteiger charge is 2.32. The highest BCUT2D eigenvalue weighted by atomic mass is 16.2. The van der Waals surface area contributed by atoms with E-state index < -0.39 is 0 Å². The molecule has 4 rings (SSSR count). The predicted molar refractivity (Wildman–Crippen MR) is 99.2 cm³/mol. The molecule has 1 aliphatic carbocycles. The first-order valence-electron chi connectivity index (χ1n) is 9.53. The second kappa shape index (κ2) is 7.05. The molecule has 3 heterocycles. The molecule has 1 N–H and O–H groups in total. The average molecular weight is 354 g/mol. The third kappa shape index (κ3) is 3.43. The van der Waals surface area contributed by atoms with Gasteiger partial charge < -0.3 is 10.2 Å². The second-order valence-corrected chi connectivity index (χ2v) is 7.51. The summed E-state index contributed by atoms with van der Waals surface area (Å²) in [7, 11) is 0. The number of anilines is 1. The number of carbonyl (C=O) groups is 1. The molecule has 2 aliphatic rings. The molecular weight excluding hydrogens is 328 g/mol. The summed E-state index contributed by atoms with van der Waals surface area (Å²) in [6.07, 6.45) is 5.48. The number of carbonyl (C=O) groups excluding carboxylic acids is 1. The molecule has 1 saturated heterocycles. The van der Waals surface area contributed by atoms with Crippen LogP contribution in [-0.4, -0.2) is 49.9 Å². The van der Waals surface area contributed by atoms with Crippen LogP contribution >= 0.6 is 0 Å². The molecule has 0 bridgehead atoms. The molecule has 2 aromatic rings. The van der Waals surface area contributed by atoms with E-state index >= 15 is 0 Å². The molecule has 1 unspecified atom stereocenters. The number of hydrogen-bond acceptors (Lipinski definition) is 5. The van der Waals surface area contributed by atoms with E-state index in [-0.39, 0.29) is 12.0 Å². The molecule has 1 atom stereocenters. The van der Waals surface area contributed by atoms with Gasteiger partial charge in [0.05, 0.1) is 5.69 Å². The predicted octanol–water partition coefficient (Wildman–Crippen LogP) is 2.48. The van der Waals surface area contributed by atoms with Crippen LogP contribution in [-0.2, 0) is 4.79 Å². The van der Waals surface area contributed by atoms with E-state index in [0.717, 1.165) is 49.6 Å². The maximum absolute atomic E-state index is 12.5. The Bertz CT molecular complexity index is 778. The minimum absolute atomic E-state index is 0.245. The van der Waals surface area contributed by atoms with E-state index in [4.69, 9.17) is 0 Å². The lowest BCUT2D eigenvalue weighted by Crippen LogP contribution is -2.35. The number of rotatable bonds is 4. The summed E-state index contributed by atoms with van der Waals surface area (Å²) in [5.41, 5.74) is 2.00. The van der Waals surface area contributed by atoms with Gasteiger partial charge in [-0.1, -0.05) is 12.8 Å². The summed E-state index contributed by atoms with van der Waals surface area (Å²) in [5, 5.41) is 16.4. The molecule has 2 aromatic heterocycles. The fraction of sp³-hybridized carbons (Fsp3) is 0.579. The van der Waals surface area contributed by atoms with Crippen molar-refractivity contribution in [2.75, 3.05) is 18.4 Å². The van der Waals surface area contributed by atoms with Crippen LogP contribution in [0.15, 0.2) is 18.2 Å². The van der Waals surface area contributed by atoms with Crippen molar-refractivity contribution in [3.8, 4) is 5.82 Å². The third-order valence-corrected chi connectivity index (χ3v) is 5.43. The maximum atomic E-state index is 12.5. The Morgan fingerprint density at radius 3 is 2.62 bits per heavy atom. The van der Waals surface area contributed by atoms with Crippen LogP contribution in [0.1, 0.15) is 43.5 Å². The zero-order valence-electron chi connectivity index (χ0n) is 15.5. The standard InChI is InChI=1S/C19H26N6O/c1-13-11-14(2)25(23-13)18-8-7-17(21-22-18)20-16-9-10-24(12-16)19(26)15-5-3-4-6-15/h7-8,11,15-16H,3-6,9-10,12H2,1-2H3,(H,20,21). The zero-order chi connectivity index (χ0) is 18.1. The Morgan fingerprint density at radius 1 is 1.15 bits per heavy atom. The molecule has 0 radical (unpaired) electrons. The van der Waals surface area contributed by atoms with Gasteiger partial charge in [0, 0.05) is 30.7 Å². The van der Waals surface area contributed by atoms with Crippen LogP contribution in [0.25, 0.3) is 5.82 Å². The highest BCUT2D eigenvalue weighted by Crippen LogP contribution is 2.28. The molecule has 1 amide bonds. The van der Waals surface area contributed by atoms with E-state index in [1.807, 2.05) is 36.9 Å². The van der Waals surface area contributed by atoms with E-state index in [1.165, 1.54) is 12.8 Å². The molecule has 138 valence electrons. The van der Waals surface area contributed by atoms with Gasteiger partial charge >= 0.3 is 0 Å². The van der Waals surface area contributed by atoms with Gasteiger partial charge in [0.1, 0.15) is 5.82 Å². The van der Waals surface area contributed by atoms with Crippen molar-refractivity contribution in [1.82, 2.24) is 24.9 Å². The SMILES string of the molecule is Cc1cc(C)n(-c2ccc(NC3CCN(C(=O)C4CCCC4)C3)nn2)n1. The van der Waals surface area contributed by atoms with E-state index in [1.54, 1.807) is 4.68 Å². The van der Waals surface area contributed by atoms with Crippen LogP contribution in [0.3, 0.4) is 0 Å². The Hall–Kier alpha value is -2.44. The molecule has 0 aromatic carbocycles. The molecule has 1 aliphatic heterocycles. The zero-order valence-corrected chi connectivity index (χ0v) is 15.5. The van der Waals surface area contributed by atoms with Crippen LogP contribution in [0.2, 0.25) is 0 Å². The molecular formula is C19H26N6O. The Balaban J connectivity index is 1.36. The summed E-state index contributed by atoms with van der Waals surface area (Å²) < 4.78 is 1.80. The summed E-state index contributed by atoms with van der Waals surface area (Å²) in [5.74, 6) is 2.06. The van der Waals surface area contributed by atoms with Crippen LogP contribution in [0.5, 0.6) is 0 Å². The molecule has 7 nitrogen and oxygen atoms in total. The molecule has 1 saturated carbocycles. The molecule has 26 heavy (non-hydrogen) atoms. The minimum Gasteiger partial charge on any atom is -0.364 e. The number of nitrogens with zero attached hydrogens (tertiary/aromatic N) is 5. The third-order valence-electron chi connectivity index (χ3n) is 5.43. The van der Waals surface area contributed by atoms with Crippen molar-refractivity contribution in [2.24, 2.45) is 5.92 Å². The fourth-order valence-electron chi connectivity index (χ4n) is 4.09. The largest absolute Gasteiger partial charge is 0.364 e. The van der Waals surface area contributed by atoms with Gasteiger partial charge in [-0.3, -0.25) is 4.79 Å². The maximum Gasteiger partial charge on any atom is 0.225 e. The van der Waals surface area contributed by atoms with Gasteiger partial charge in [-0.25, -0.2) is 4.68 Å². The molecule has 7 heteroatoms. The summed E-state index contributed by atoms with van der Waals surface area (Å²) in [6.45, 7) is 5.56. The number of amides is 1. The van der Waals surface area contributed by atoms with Gasteiger partial charge in [0.15, 0.2) is 5.82 Å². The topological polar surface area (TPSA) is 75.9 Å². The summed E-state index contributed by atoms with van der Waals surface area (Å²) in [4.78, 5) is 14.6. The van der Waals surface area contributed by atoms with Gasteiger partial charge in [0.2, 0.25) is 5.91 Å². The lowest BCUT2D eigenvalue weighted by atomic mass is 10.1. The lowest BCUT2D eigenvalue weighted by Gasteiger charge is -2.20. The smallest absolute Gasteiger partial charge is 0.225 e. The number of hydrogen-bond donors (Lipinski definition) is 1. The number of nitrogens with one attached hydrogen (secondary N) is 1. The summed E-state index contributed by atoms with van der Waals surface area (Å²) in [6, 6.07) is 6.11. The number of aromatic nitrogens is 4. The van der Waals surface area contributed by atoms with Crippen molar-refractivity contribution in [2.45, 2.75) is 52.0 Å². The van der Waals surface area contributed by atoms with Crippen LogP contribution in [0.4, 0.5) is 5.82 Å². The minimum atomic E-state index is 0.245. The lowest BCUT2D eigenvalue weighted by molar-refractivity contribution is -0.134. The van der Waals surface area contributed by atoms with E-state index in [2.05, 4.69) is 20.6 Å². The van der Waals surface area contributed by atoms with E-state index in [9.17, 15) is 4.79 Å². The first kappa shape index (κ1) is 17.0. The van der Waals surface area contributed by atoms with Crippen molar-refractivity contribution in [1.29, 1.82) is 0 Å². The normalized spacial score (nSPS) is 20.7. The monoisotopic (exact) mass is 354 g/mol. The Kier molecular flexibility index (Phi) is 4.61. The first-order valence-corrected chi connectivity index (χ1v) is 9.53. The second-order valence-electron chi connectivity index (χ2n) is 7.51. The number of aryl methyl sites for hydroxylation is 2. The van der Waals surface area contributed by atoms with Gasteiger partial charge in [-0.15, -0.1) is 10.2 Å². The highest BCUT2D eigenvalue weighted by molar-refractivity contribution is 5.79. The Labute approximate surface area is 153 Å². The molecule has 2 fully saturated rings. The average Bonchev–Trinajstić information content (AvgIpc) is 3.37.